The first-order valence-electron chi connectivity index (χ1n) is 9.23. The summed E-state index contributed by atoms with van der Waals surface area (Å²) < 4.78 is 13.4. The summed E-state index contributed by atoms with van der Waals surface area (Å²) in [7, 11) is 1.85. The number of aromatic nitrogens is 4. The number of aryl methyl sites for hydroxylation is 1. The minimum atomic E-state index is 0. The van der Waals surface area contributed by atoms with Crippen LogP contribution in [0.5, 0.6) is 11.5 Å². The average Bonchev–Trinajstić information content (AvgIpc) is 3.36. The summed E-state index contributed by atoms with van der Waals surface area (Å²) in [5.74, 6) is 2.55. The first-order chi connectivity index (χ1) is 13.8. The Balaban J connectivity index is 0.00000300. The molecule has 3 rings (SSSR count). The van der Waals surface area contributed by atoms with E-state index < -0.39 is 0 Å². The van der Waals surface area contributed by atoms with Crippen LogP contribution in [-0.4, -0.2) is 39.1 Å². The van der Waals surface area contributed by atoms with Gasteiger partial charge in [0.25, 0.3) is 0 Å². The molecule has 0 bridgehead atoms. The molecule has 0 aliphatic carbocycles. The van der Waals surface area contributed by atoms with Gasteiger partial charge in [-0.3, -0.25) is 0 Å². The highest BCUT2D eigenvalue weighted by molar-refractivity contribution is 7.99. The van der Waals surface area contributed by atoms with Crippen molar-refractivity contribution in [1.82, 2.24) is 25.5 Å². The second-order valence-electron chi connectivity index (χ2n) is 6.05. The topological polar surface area (TPSA) is 74.1 Å². The van der Waals surface area contributed by atoms with Crippen molar-refractivity contribution in [3.05, 3.63) is 46.2 Å². The van der Waals surface area contributed by atoms with Crippen LogP contribution in [0.15, 0.2) is 40.9 Å². The lowest BCUT2D eigenvalue weighted by molar-refractivity contribution is 0.271. The number of tetrazole rings is 1. The maximum Gasteiger partial charge on any atom is 0.209 e. The van der Waals surface area contributed by atoms with Gasteiger partial charge in [0.15, 0.2) is 11.5 Å². The lowest BCUT2D eigenvalue weighted by Crippen LogP contribution is -2.15. The standard InChI is InChI=1S/C19H25N5O2S2.ClH/c1-3-25-18-12-15(7-8-17(18)26-14-16-6-4-10-27-16)13-20-9-5-11-28-19-21-22-23-24(19)2;/h4,6-8,10,12,20H,3,5,9,11,13-14H2,1-2H3;1H. The molecule has 1 N–H and O–H groups in total. The molecule has 0 fully saturated rings. The van der Waals surface area contributed by atoms with Crippen LogP contribution < -0.4 is 14.8 Å². The van der Waals surface area contributed by atoms with Gasteiger partial charge in [0.2, 0.25) is 5.16 Å². The maximum absolute atomic E-state index is 5.94. The molecule has 0 atom stereocenters. The highest BCUT2D eigenvalue weighted by atomic mass is 35.5. The Kier molecular flexibility index (Phi) is 10.3. The number of nitrogens with one attached hydrogen (secondary N) is 1. The predicted octanol–water partition coefficient (Wildman–Crippen LogP) is 3.94. The summed E-state index contributed by atoms with van der Waals surface area (Å²) in [4.78, 5) is 1.20. The largest absolute Gasteiger partial charge is 0.490 e. The first kappa shape index (κ1) is 23.5. The molecule has 10 heteroatoms. The molecule has 0 saturated carbocycles. The summed E-state index contributed by atoms with van der Waals surface area (Å²) in [5, 5.41) is 17.8. The summed E-state index contributed by atoms with van der Waals surface area (Å²) in [6, 6.07) is 10.2. The lowest BCUT2D eigenvalue weighted by atomic mass is 10.2. The highest BCUT2D eigenvalue weighted by Crippen LogP contribution is 2.29. The zero-order chi connectivity index (χ0) is 19.6. The van der Waals surface area contributed by atoms with Crippen LogP contribution in [0.25, 0.3) is 0 Å². The van der Waals surface area contributed by atoms with Crippen molar-refractivity contribution in [2.75, 3.05) is 18.9 Å². The van der Waals surface area contributed by atoms with Crippen molar-refractivity contribution in [2.24, 2.45) is 7.05 Å². The van der Waals surface area contributed by atoms with Crippen LogP contribution in [0.2, 0.25) is 0 Å². The molecule has 0 radical (unpaired) electrons. The van der Waals surface area contributed by atoms with Crippen LogP contribution in [0.3, 0.4) is 0 Å². The molecule has 0 saturated heterocycles. The summed E-state index contributed by atoms with van der Waals surface area (Å²) in [6.45, 7) is 4.88. The molecule has 0 spiro atoms. The minimum absolute atomic E-state index is 0. The molecule has 0 unspecified atom stereocenters. The second kappa shape index (κ2) is 12.7. The van der Waals surface area contributed by atoms with Crippen LogP contribution in [0.4, 0.5) is 0 Å². The quantitative estimate of drug-likeness (QED) is 0.327. The fourth-order valence-electron chi connectivity index (χ4n) is 2.53. The van der Waals surface area contributed by atoms with Crippen molar-refractivity contribution in [3.8, 4) is 11.5 Å². The summed E-state index contributed by atoms with van der Waals surface area (Å²) in [5.41, 5.74) is 1.18. The number of hydrogen-bond acceptors (Lipinski definition) is 8. The number of rotatable bonds is 12. The molecule has 0 amide bonds. The maximum atomic E-state index is 5.94. The number of halogens is 1. The number of thioether (sulfide) groups is 1. The van der Waals surface area contributed by atoms with Crippen LogP contribution in [0, 0.1) is 0 Å². The average molecular weight is 456 g/mol. The molecule has 2 heterocycles. The smallest absolute Gasteiger partial charge is 0.209 e. The van der Waals surface area contributed by atoms with E-state index in [-0.39, 0.29) is 12.4 Å². The number of thiophene rings is 1. The number of benzene rings is 1. The third kappa shape index (κ3) is 7.50. The fourth-order valence-corrected chi connectivity index (χ4v) is 3.94. The second-order valence-corrected chi connectivity index (χ2v) is 8.14. The molecule has 7 nitrogen and oxygen atoms in total. The Morgan fingerprint density at radius 2 is 2.10 bits per heavy atom. The van der Waals surface area contributed by atoms with Gasteiger partial charge in [-0.05, 0) is 59.5 Å². The van der Waals surface area contributed by atoms with E-state index >= 15 is 0 Å². The van der Waals surface area contributed by atoms with E-state index in [0.29, 0.717) is 13.2 Å². The van der Waals surface area contributed by atoms with Gasteiger partial charge in [-0.1, -0.05) is 23.9 Å². The van der Waals surface area contributed by atoms with Crippen molar-refractivity contribution >= 4 is 35.5 Å². The predicted molar refractivity (Wildman–Crippen MR) is 119 cm³/mol. The van der Waals surface area contributed by atoms with E-state index in [0.717, 1.165) is 41.9 Å². The Bertz CT molecular complexity index is 845. The summed E-state index contributed by atoms with van der Waals surface area (Å²) >= 11 is 3.36. The van der Waals surface area contributed by atoms with Crippen molar-refractivity contribution < 1.29 is 9.47 Å². The van der Waals surface area contributed by atoms with E-state index in [1.165, 1.54) is 10.4 Å². The van der Waals surface area contributed by atoms with Gasteiger partial charge in [0.05, 0.1) is 6.61 Å². The molecule has 2 aromatic heterocycles. The SMILES string of the molecule is CCOc1cc(CNCCCSc2nnnn2C)ccc1OCc1cccs1.Cl. The molecule has 158 valence electrons. The van der Waals surface area contributed by atoms with Crippen LogP contribution >= 0.6 is 35.5 Å². The van der Waals surface area contributed by atoms with Gasteiger partial charge in [-0.25, -0.2) is 4.68 Å². The van der Waals surface area contributed by atoms with E-state index in [1.54, 1.807) is 27.8 Å². The van der Waals surface area contributed by atoms with Gasteiger partial charge >= 0.3 is 0 Å². The monoisotopic (exact) mass is 455 g/mol. The van der Waals surface area contributed by atoms with Gasteiger partial charge in [-0.15, -0.1) is 28.8 Å². The Morgan fingerprint density at radius 1 is 1.21 bits per heavy atom. The van der Waals surface area contributed by atoms with E-state index in [9.17, 15) is 0 Å². The number of ether oxygens (including phenoxy) is 2. The zero-order valence-electron chi connectivity index (χ0n) is 16.5. The summed E-state index contributed by atoms with van der Waals surface area (Å²) in [6.07, 6.45) is 1.04. The molecule has 0 aliphatic rings. The number of nitrogens with zero attached hydrogens (tertiary/aromatic N) is 4. The van der Waals surface area contributed by atoms with Gasteiger partial charge in [-0.2, -0.15) is 0 Å². The molecule has 0 aliphatic heterocycles. The Labute approximate surface area is 185 Å². The van der Waals surface area contributed by atoms with Crippen LogP contribution in [0.1, 0.15) is 23.8 Å². The van der Waals surface area contributed by atoms with Crippen molar-refractivity contribution in [3.63, 3.8) is 0 Å². The highest BCUT2D eigenvalue weighted by Gasteiger charge is 2.08. The Morgan fingerprint density at radius 3 is 2.83 bits per heavy atom. The van der Waals surface area contributed by atoms with E-state index in [2.05, 4.69) is 44.4 Å². The zero-order valence-corrected chi connectivity index (χ0v) is 19.0. The van der Waals surface area contributed by atoms with Gasteiger partial charge in [0, 0.05) is 24.2 Å². The van der Waals surface area contributed by atoms with Crippen molar-refractivity contribution in [2.45, 2.75) is 31.7 Å². The normalized spacial score (nSPS) is 10.6. The molecular formula is C19H26ClN5O2S2. The number of hydrogen-bond donors (Lipinski definition) is 1. The van der Waals surface area contributed by atoms with E-state index in [1.807, 2.05) is 26.1 Å². The van der Waals surface area contributed by atoms with Gasteiger partial charge in [0.1, 0.15) is 6.61 Å². The molecule has 1 aromatic carbocycles. The molecule has 3 aromatic rings. The lowest BCUT2D eigenvalue weighted by Gasteiger charge is -2.13. The van der Waals surface area contributed by atoms with Crippen molar-refractivity contribution in [1.29, 1.82) is 0 Å². The Hall–Kier alpha value is -1.81. The van der Waals surface area contributed by atoms with Gasteiger partial charge < -0.3 is 14.8 Å². The molecular weight excluding hydrogens is 430 g/mol. The first-order valence-corrected chi connectivity index (χ1v) is 11.1. The minimum Gasteiger partial charge on any atom is -0.490 e. The van der Waals surface area contributed by atoms with Crippen LogP contribution in [-0.2, 0) is 20.2 Å². The third-order valence-electron chi connectivity index (χ3n) is 3.90. The molecule has 29 heavy (non-hydrogen) atoms. The third-order valence-corrected chi connectivity index (χ3v) is 5.84. The fraction of sp³-hybridized carbons (Fsp3) is 0.421. The van der Waals surface area contributed by atoms with E-state index in [4.69, 9.17) is 9.47 Å².